The molecule has 1 atom stereocenters. The molecule has 3 N–H and O–H groups in total. The van der Waals surface area contributed by atoms with Gasteiger partial charge in [0.25, 0.3) is 0 Å². The number of ether oxygens (including phenoxy) is 1. The van der Waals surface area contributed by atoms with Gasteiger partial charge in [-0.2, -0.15) is 5.10 Å². The van der Waals surface area contributed by atoms with Gasteiger partial charge in [-0.25, -0.2) is 14.4 Å². The van der Waals surface area contributed by atoms with Crippen LogP contribution in [-0.2, 0) is 4.74 Å². The summed E-state index contributed by atoms with van der Waals surface area (Å²) in [5.41, 5.74) is 10.5. The van der Waals surface area contributed by atoms with Gasteiger partial charge in [-0.3, -0.25) is 9.58 Å². The Kier molecular flexibility index (Phi) is 8.68. The molecule has 4 heterocycles. The molecule has 2 aliphatic heterocycles. The fourth-order valence-electron chi connectivity index (χ4n) is 5.72. The highest BCUT2D eigenvalue weighted by Gasteiger charge is 2.34. The number of nitrogens with two attached hydrogens (primary N) is 1. The second-order valence-electron chi connectivity index (χ2n) is 11.8. The van der Waals surface area contributed by atoms with Gasteiger partial charge >= 0.3 is 0 Å². The molecule has 0 amide bonds. The molecular weight excluding hydrogens is 507 g/mol. The van der Waals surface area contributed by atoms with Crippen LogP contribution in [0.2, 0.25) is 0 Å². The summed E-state index contributed by atoms with van der Waals surface area (Å²) in [4.78, 5) is 13.7. The van der Waals surface area contributed by atoms with Crippen LogP contribution in [0.15, 0.2) is 36.8 Å². The first-order chi connectivity index (χ1) is 19.2. The molecule has 9 nitrogen and oxygen atoms in total. The Balaban J connectivity index is 1.19. The van der Waals surface area contributed by atoms with E-state index in [0.29, 0.717) is 23.2 Å². The lowest BCUT2D eigenvalue weighted by molar-refractivity contribution is 0.0326. The smallest absolute Gasteiger partial charge is 0.227 e. The Hall–Kier alpha value is -3.08. The van der Waals surface area contributed by atoms with Crippen LogP contribution in [0, 0.1) is 18.7 Å². The van der Waals surface area contributed by atoms with E-state index >= 15 is 4.39 Å². The number of piperidine rings is 1. The van der Waals surface area contributed by atoms with Crippen LogP contribution >= 0.6 is 0 Å². The molecule has 0 bridgehead atoms. The second-order valence-corrected chi connectivity index (χ2v) is 11.8. The molecule has 0 aliphatic carbocycles. The van der Waals surface area contributed by atoms with Crippen LogP contribution in [0.4, 0.5) is 21.7 Å². The molecule has 216 valence electrons. The van der Waals surface area contributed by atoms with Gasteiger partial charge < -0.3 is 20.7 Å². The van der Waals surface area contributed by atoms with Crippen LogP contribution in [0.1, 0.15) is 51.6 Å². The van der Waals surface area contributed by atoms with Crippen molar-refractivity contribution in [1.82, 2.24) is 24.6 Å². The highest BCUT2D eigenvalue weighted by atomic mass is 19.1. The standard InChI is InChI=1S/C30H43FN8O/c1-21(2)39-20-23(19-34-39)28-22(3)18-33-29(36-28)35-25-5-6-27(26(31)17-25)38-10-7-24(8-11-38)30(4,32)9-12-37-13-15-40-16-14-37/h5-6,17-21,24H,7-16,32H2,1-4H3,(H,33,35,36). The monoisotopic (exact) mass is 550 g/mol. The minimum atomic E-state index is -0.253. The molecule has 1 aromatic carbocycles. The lowest BCUT2D eigenvalue weighted by atomic mass is 9.77. The van der Waals surface area contributed by atoms with Gasteiger partial charge in [-0.1, -0.05) is 0 Å². The SMILES string of the molecule is Cc1cnc(Nc2ccc(N3CCC(C(C)(N)CCN4CCOCC4)CC3)c(F)c2)nc1-c1cnn(C(C)C)c1. The molecule has 1 unspecified atom stereocenters. The number of anilines is 3. The first-order valence-electron chi connectivity index (χ1n) is 14.5. The molecule has 2 fully saturated rings. The van der Waals surface area contributed by atoms with E-state index in [1.54, 1.807) is 6.20 Å². The van der Waals surface area contributed by atoms with E-state index in [4.69, 9.17) is 15.5 Å². The van der Waals surface area contributed by atoms with Crippen molar-refractivity contribution in [2.24, 2.45) is 11.7 Å². The molecule has 0 radical (unpaired) electrons. The van der Waals surface area contributed by atoms with Crippen LogP contribution in [0.5, 0.6) is 0 Å². The Bertz CT molecular complexity index is 1280. The van der Waals surface area contributed by atoms with Gasteiger partial charge in [0.1, 0.15) is 5.82 Å². The zero-order chi connectivity index (χ0) is 28.3. The van der Waals surface area contributed by atoms with Gasteiger partial charge in [-0.15, -0.1) is 0 Å². The third-order valence-electron chi connectivity index (χ3n) is 8.42. The Morgan fingerprint density at radius 1 is 1.15 bits per heavy atom. The average molecular weight is 551 g/mol. The van der Waals surface area contributed by atoms with E-state index in [1.807, 2.05) is 36.1 Å². The molecule has 2 saturated heterocycles. The van der Waals surface area contributed by atoms with E-state index in [0.717, 1.165) is 82.0 Å². The second kappa shape index (κ2) is 12.2. The molecule has 40 heavy (non-hydrogen) atoms. The summed E-state index contributed by atoms with van der Waals surface area (Å²) >= 11 is 0. The quantitative estimate of drug-likeness (QED) is 0.393. The fraction of sp³-hybridized carbons (Fsp3) is 0.567. The number of aromatic nitrogens is 4. The first kappa shape index (κ1) is 28.4. The molecule has 2 aliphatic rings. The number of aryl methyl sites for hydroxylation is 1. The predicted octanol–water partition coefficient (Wildman–Crippen LogP) is 4.77. The Labute approximate surface area is 236 Å². The number of halogens is 1. The van der Waals surface area contributed by atoms with Crippen molar-refractivity contribution in [2.75, 3.05) is 56.2 Å². The maximum absolute atomic E-state index is 15.3. The van der Waals surface area contributed by atoms with Crippen molar-refractivity contribution in [2.45, 2.75) is 58.5 Å². The van der Waals surface area contributed by atoms with Crippen molar-refractivity contribution in [3.63, 3.8) is 0 Å². The zero-order valence-electron chi connectivity index (χ0n) is 24.2. The van der Waals surface area contributed by atoms with Crippen molar-refractivity contribution in [3.8, 4) is 11.3 Å². The van der Waals surface area contributed by atoms with Gasteiger partial charge in [0.15, 0.2) is 0 Å². The summed E-state index contributed by atoms with van der Waals surface area (Å²) in [6.45, 7) is 14.5. The summed E-state index contributed by atoms with van der Waals surface area (Å²) in [7, 11) is 0. The highest BCUT2D eigenvalue weighted by Crippen LogP contribution is 2.33. The third kappa shape index (κ3) is 6.62. The topological polar surface area (TPSA) is 97.4 Å². The van der Waals surface area contributed by atoms with Crippen LogP contribution in [-0.4, -0.2) is 76.1 Å². The third-order valence-corrected chi connectivity index (χ3v) is 8.42. The van der Waals surface area contributed by atoms with Crippen molar-refractivity contribution < 1.29 is 9.13 Å². The highest BCUT2D eigenvalue weighted by molar-refractivity contribution is 5.65. The zero-order valence-corrected chi connectivity index (χ0v) is 24.2. The van der Waals surface area contributed by atoms with Gasteiger partial charge in [0.05, 0.1) is 30.8 Å². The largest absolute Gasteiger partial charge is 0.379 e. The number of benzene rings is 1. The molecule has 0 spiro atoms. The van der Waals surface area contributed by atoms with E-state index in [-0.39, 0.29) is 17.4 Å². The Morgan fingerprint density at radius 2 is 1.90 bits per heavy atom. The van der Waals surface area contributed by atoms with Crippen LogP contribution in [0.3, 0.4) is 0 Å². The average Bonchev–Trinajstić information content (AvgIpc) is 3.45. The summed E-state index contributed by atoms with van der Waals surface area (Å²) in [6, 6.07) is 5.52. The molecule has 10 heteroatoms. The number of morpholine rings is 1. The molecule has 2 aromatic heterocycles. The summed E-state index contributed by atoms with van der Waals surface area (Å²) in [6.07, 6.45) is 8.46. The van der Waals surface area contributed by atoms with Gasteiger partial charge in [0.2, 0.25) is 5.95 Å². The first-order valence-corrected chi connectivity index (χ1v) is 14.5. The van der Waals surface area contributed by atoms with Crippen LogP contribution in [0.25, 0.3) is 11.3 Å². The minimum absolute atomic E-state index is 0.225. The molecular formula is C30H43FN8O. The number of hydrogen-bond donors (Lipinski definition) is 2. The summed E-state index contributed by atoms with van der Waals surface area (Å²) < 4.78 is 22.7. The number of nitrogens with one attached hydrogen (secondary N) is 1. The molecule has 0 saturated carbocycles. The van der Waals surface area contributed by atoms with Crippen LogP contribution < -0.4 is 16.0 Å². The minimum Gasteiger partial charge on any atom is -0.379 e. The van der Waals surface area contributed by atoms with Crippen molar-refractivity contribution in [1.29, 1.82) is 0 Å². The van der Waals surface area contributed by atoms with E-state index in [1.165, 1.54) is 6.07 Å². The van der Waals surface area contributed by atoms with Gasteiger partial charge in [-0.05, 0) is 76.6 Å². The number of rotatable bonds is 9. The fourth-order valence-corrected chi connectivity index (χ4v) is 5.72. The predicted molar refractivity (Wildman–Crippen MR) is 157 cm³/mol. The lowest BCUT2D eigenvalue weighted by Crippen LogP contribution is -2.51. The summed E-state index contributed by atoms with van der Waals surface area (Å²) in [5, 5.41) is 7.60. The van der Waals surface area contributed by atoms with Crippen molar-refractivity contribution >= 4 is 17.3 Å². The van der Waals surface area contributed by atoms with Crippen molar-refractivity contribution in [3.05, 3.63) is 48.2 Å². The number of nitrogens with zero attached hydrogens (tertiary/aromatic N) is 6. The normalized spacial score (nSPS) is 18.7. The maximum Gasteiger partial charge on any atom is 0.227 e. The lowest BCUT2D eigenvalue weighted by Gasteiger charge is -2.42. The van der Waals surface area contributed by atoms with E-state index < -0.39 is 0 Å². The van der Waals surface area contributed by atoms with Gasteiger partial charge in [0, 0.05) is 67.9 Å². The molecule has 3 aromatic rings. The Morgan fingerprint density at radius 3 is 2.58 bits per heavy atom. The van der Waals surface area contributed by atoms with E-state index in [2.05, 4.69) is 46.0 Å². The van der Waals surface area contributed by atoms with E-state index in [9.17, 15) is 0 Å². The maximum atomic E-state index is 15.3. The molecule has 5 rings (SSSR count). The summed E-state index contributed by atoms with van der Waals surface area (Å²) in [5.74, 6) is 0.594. The number of hydrogen-bond acceptors (Lipinski definition) is 8.